The number of benzene rings is 1. The molecule has 0 bridgehead atoms. The van der Waals surface area contributed by atoms with Gasteiger partial charge in [0.05, 0.1) is 16.4 Å². The van der Waals surface area contributed by atoms with Crippen molar-refractivity contribution in [2.45, 2.75) is 0 Å². The zero-order chi connectivity index (χ0) is 16.1. The first kappa shape index (κ1) is 15.8. The van der Waals surface area contributed by atoms with Gasteiger partial charge in [-0.2, -0.15) is 0 Å². The van der Waals surface area contributed by atoms with Gasteiger partial charge in [-0.15, -0.1) is 6.58 Å². The van der Waals surface area contributed by atoms with Gasteiger partial charge in [0.2, 0.25) is 5.95 Å². The number of rotatable bonds is 5. The average Bonchev–Trinajstić information content (AvgIpc) is 2.57. The lowest BCUT2D eigenvalue weighted by atomic mass is 10.2. The summed E-state index contributed by atoms with van der Waals surface area (Å²) in [7, 11) is 0. The Morgan fingerprint density at radius 2 is 1.87 bits per heavy atom. The van der Waals surface area contributed by atoms with Crippen LogP contribution in [0, 0.1) is 0 Å². The molecule has 5 nitrogen and oxygen atoms in total. The first-order valence-corrected chi connectivity index (χ1v) is 8.06. The highest BCUT2D eigenvalue weighted by molar-refractivity contribution is 6.34. The Kier molecular flexibility index (Phi) is 5.10. The van der Waals surface area contributed by atoms with Crippen molar-refractivity contribution in [2.75, 3.05) is 42.9 Å². The van der Waals surface area contributed by atoms with Gasteiger partial charge in [-0.1, -0.05) is 23.7 Å². The van der Waals surface area contributed by atoms with Crippen molar-refractivity contribution in [3.8, 4) is 0 Å². The van der Waals surface area contributed by atoms with E-state index < -0.39 is 0 Å². The van der Waals surface area contributed by atoms with E-state index in [1.807, 2.05) is 24.3 Å². The molecule has 0 spiro atoms. The molecular weight excluding hydrogens is 310 g/mol. The lowest BCUT2D eigenvalue weighted by Gasteiger charge is -2.36. The fourth-order valence-electron chi connectivity index (χ4n) is 2.76. The third kappa shape index (κ3) is 3.81. The molecular formula is C17H20ClN5. The number of hydrogen-bond acceptors (Lipinski definition) is 5. The topological polar surface area (TPSA) is 44.3 Å². The number of halogens is 1. The van der Waals surface area contributed by atoms with Crippen molar-refractivity contribution in [3.63, 3.8) is 0 Å². The predicted octanol–water partition coefficient (Wildman–Crippen LogP) is 3.18. The molecule has 0 atom stereocenters. The molecule has 2 heterocycles. The second kappa shape index (κ2) is 7.44. The Morgan fingerprint density at radius 1 is 1.13 bits per heavy atom. The average molecular weight is 330 g/mol. The Hall–Kier alpha value is -2.11. The van der Waals surface area contributed by atoms with E-state index in [-0.39, 0.29) is 0 Å². The van der Waals surface area contributed by atoms with Crippen LogP contribution >= 0.6 is 11.6 Å². The van der Waals surface area contributed by atoms with E-state index in [1.165, 1.54) is 0 Å². The minimum atomic E-state index is 0.571. The second-order valence-corrected chi connectivity index (χ2v) is 5.82. The molecule has 120 valence electrons. The molecule has 1 fully saturated rings. The first-order valence-electron chi connectivity index (χ1n) is 7.68. The normalized spacial score (nSPS) is 15.4. The second-order valence-electron chi connectivity index (χ2n) is 5.41. The molecule has 3 rings (SSSR count). The van der Waals surface area contributed by atoms with E-state index in [1.54, 1.807) is 18.5 Å². The zero-order valence-electron chi connectivity index (χ0n) is 13.0. The summed E-state index contributed by atoms with van der Waals surface area (Å²) < 4.78 is 0. The van der Waals surface area contributed by atoms with E-state index in [9.17, 15) is 0 Å². The molecule has 0 unspecified atom stereocenters. The molecule has 1 N–H and O–H groups in total. The third-order valence-electron chi connectivity index (χ3n) is 3.87. The Bertz CT molecular complexity index is 653. The number of aromatic nitrogens is 2. The van der Waals surface area contributed by atoms with Crippen molar-refractivity contribution < 1.29 is 0 Å². The minimum absolute atomic E-state index is 0.571. The summed E-state index contributed by atoms with van der Waals surface area (Å²) in [4.78, 5) is 13.1. The molecule has 23 heavy (non-hydrogen) atoms. The summed E-state index contributed by atoms with van der Waals surface area (Å²) in [5.41, 5.74) is 1.95. The van der Waals surface area contributed by atoms with Gasteiger partial charge in [-0.3, -0.25) is 4.90 Å². The molecule has 1 aliphatic rings. The van der Waals surface area contributed by atoms with Gasteiger partial charge in [0.15, 0.2) is 0 Å². The van der Waals surface area contributed by atoms with Crippen LogP contribution in [0.25, 0.3) is 0 Å². The monoisotopic (exact) mass is 329 g/mol. The maximum absolute atomic E-state index is 6.47. The van der Waals surface area contributed by atoms with Crippen LogP contribution in [0.1, 0.15) is 0 Å². The standard InChI is InChI=1S/C17H20ClN5/c1-2-9-22-10-12-23(13-11-22)16-14(18)5-3-6-15(16)21-17-19-7-4-8-20-17/h2-8H,1,9-13H2,(H,19,20,21). The molecule has 0 radical (unpaired) electrons. The highest BCUT2D eigenvalue weighted by atomic mass is 35.5. The van der Waals surface area contributed by atoms with Gasteiger partial charge in [-0.25, -0.2) is 9.97 Å². The van der Waals surface area contributed by atoms with E-state index in [4.69, 9.17) is 11.6 Å². The molecule has 0 aliphatic carbocycles. The highest BCUT2D eigenvalue weighted by Gasteiger charge is 2.21. The summed E-state index contributed by atoms with van der Waals surface area (Å²) in [5.74, 6) is 0.571. The summed E-state index contributed by atoms with van der Waals surface area (Å²) >= 11 is 6.47. The maximum atomic E-state index is 6.47. The van der Waals surface area contributed by atoms with E-state index in [2.05, 4.69) is 31.7 Å². The molecule has 2 aromatic rings. The van der Waals surface area contributed by atoms with E-state index in [0.29, 0.717) is 5.95 Å². The SMILES string of the molecule is C=CCN1CCN(c2c(Cl)cccc2Nc2ncccn2)CC1. The number of nitrogens with zero attached hydrogens (tertiary/aromatic N) is 4. The summed E-state index contributed by atoms with van der Waals surface area (Å²) in [6.07, 6.45) is 5.38. The Labute approximate surface area is 141 Å². The smallest absolute Gasteiger partial charge is 0.227 e. The Morgan fingerprint density at radius 3 is 2.57 bits per heavy atom. The first-order chi connectivity index (χ1) is 11.3. The van der Waals surface area contributed by atoms with Gasteiger partial charge in [0.1, 0.15) is 0 Å². The fraction of sp³-hybridized carbons (Fsp3) is 0.294. The number of para-hydroxylation sites is 1. The molecule has 1 aliphatic heterocycles. The molecule has 6 heteroatoms. The van der Waals surface area contributed by atoms with Crippen LogP contribution in [0.4, 0.5) is 17.3 Å². The van der Waals surface area contributed by atoms with Crippen molar-refractivity contribution in [1.29, 1.82) is 0 Å². The van der Waals surface area contributed by atoms with E-state index in [0.717, 1.165) is 49.1 Å². The number of nitrogens with one attached hydrogen (secondary N) is 1. The van der Waals surface area contributed by atoms with Crippen LogP contribution in [0.5, 0.6) is 0 Å². The molecule has 1 aromatic carbocycles. The molecule has 0 amide bonds. The van der Waals surface area contributed by atoms with Gasteiger partial charge < -0.3 is 10.2 Å². The lowest BCUT2D eigenvalue weighted by Crippen LogP contribution is -2.46. The fourth-order valence-corrected chi connectivity index (χ4v) is 3.05. The summed E-state index contributed by atoms with van der Waals surface area (Å²) in [6.45, 7) is 8.60. The summed E-state index contributed by atoms with van der Waals surface area (Å²) in [6, 6.07) is 7.66. The quantitative estimate of drug-likeness (QED) is 0.853. The van der Waals surface area contributed by atoms with Crippen LogP contribution in [-0.4, -0.2) is 47.6 Å². The van der Waals surface area contributed by atoms with Crippen molar-refractivity contribution in [3.05, 3.63) is 54.3 Å². The van der Waals surface area contributed by atoms with Crippen LogP contribution in [0.3, 0.4) is 0 Å². The molecule has 1 aromatic heterocycles. The third-order valence-corrected chi connectivity index (χ3v) is 4.18. The van der Waals surface area contributed by atoms with Crippen molar-refractivity contribution in [2.24, 2.45) is 0 Å². The van der Waals surface area contributed by atoms with Crippen LogP contribution < -0.4 is 10.2 Å². The van der Waals surface area contributed by atoms with Crippen molar-refractivity contribution >= 4 is 28.9 Å². The largest absolute Gasteiger partial charge is 0.366 e. The van der Waals surface area contributed by atoms with Gasteiger partial charge in [0, 0.05) is 45.1 Å². The van der Waals surface area contributed by atoms with Crippen LogP contribution in [-0.2, 0) is 0 Å². The summed E-state index contributed by atoms with van der Waals surface area (Å²) in [5, 5.41) is 4.01. The zero-order valence-corrected chi connectivity index (χ0v) is 13.7. The van der Waals surface area contributed by atoms with E-state index >= 15 is 0 Å². The molecule has 1 saturated heterocycles. The molecule has 0 saturated carbocycles. The van der Waals surface area contributed by atoms with Crippen LogP contribution in [0.2, 0.25) is 5.02 Å². The number of anilines is 3. The highest BCUT2D eigenvalue weighted by Crippen LogP contribution is 2.35. The maximum Gasteiger partial charge on any atom is 0.227 e. The van der Waals surface area contributed by atoms with Gasteiger partial charge in [-0.05, 0) is 18.2 Å². The Balaban J connectivity index is 1.80. The predicted molar refractivity (Wildman–Crippen MR) is 95.6 cm³/mol. The van der Waals surface area contributed by atoms with Crippen molar-refractivity contribution in [1.82, 2.24) is 14.9 Å². The number of piperazine rings is 1. The van der Waals surface area contributed by atoms with Crippen LogP contribution in [0.15, 0.2) is 49.3 Å². The van der Waals surface area contributed by atoms with Gasteiger partial charge >= 0.3 is 0 Å². The lowest BCUT2D eigenvalue weighted by molar-refractivity contribution is 0.284. The number of hydrogen-bond donors (Lipinski definition) is 1. The van der Waals surface area contributed by atoms with Gasteiger partial charge in [0.25, 0.3) is 0 Å². The minimum Gasteiger partial charge on any atom is -0.366 e.